The Morgan fingerprint density at radius 1 is 1.34 bits per heavy atom. The molecule has 1 aromatic carbocycles. The highest BCUT2D eigenvalue weighted by Crippen LogP contribution is 2.25. The van der Waals surface area contributed by atoms with E-state index in [0.29, 0.717) is 41.3 Å². The molecule has 1 heterocycles. The number of benzene rings is 1. The first-order chi connectivity index (χ1) is 13.7. The largest absolute Gasteiger partial charge is 0.478 e. The van der Waals surface area contributed by atoms with Crippen LogP contribution in [0.15, 0.2) is 24.3 Å². The average Bonchev–Trinajstić information content (AvgIpc) is 3.06. The van der Waals surface area contributed by atoms with Gasteiger partial charge in [0.05, 0.1) is 34.3 Å². The van der Waals surface area contributed by atoms with Crippen LogP contribution in [-0.2, 0) is 17.6 Å². The zero-order chi connectivity index (χ0) is 21.6. The highest BCUT2D eigenvalue weighted by Gasteiger charge is 2.24. The summed E-state index contributed by atoms with van der Waals surface area (Å²) in [6.45, 7) is 8.22. The van der Waals surface area contributed by atoms with Gasteiger partial charge >= 0.3 is 5.97 Å². The van der Waals surface area contributed by atoms with Gasteiger partial charge in [-0.1, -0.05) is 26.7 Å². The summed E-state index contributed by atoms with van der Waals surface area (Å²) in [6, 6.07) is 9.14. The van der Waals surface area contributed by atoms with E-state index in [9.17, 15) is 9.90 Å². The van der Waals surface area contributed by atoms with Crippen molar-refractivity contribution >= 4 is 5.97 Å². The predicted molar refractivity (Wildman–Crippen MR) is 112 cm³/mol. The smallest absolute Gasteiger partial charge is 0.339 e. The van der Waals surface area contributed by atoms with Gasteiger partial charge < -0.3 is 9.84 Å². The van der Waals surface area contributed by atoms with E-state index in [0.717, 1.165) is 24.9 Å². The average molecular weight is 398 g/mol. The summed E-state index contributed by atoms with van der Waals surface area (Å²) in [5.41, 5.74) is 2.80. The number of carboxylic acid groups (broad SMARTS) is 1. The second-order valence-corrected chi connectivity index (χ2v) is 8.16. The van der Waals surface area contributed by atoms with Crippen LogP contribution in [0.1, 0.15) is 74.3 Å². The van der Waals surface area contributed by atoms with Gasteiger partial charge in [0, 0.05) is 7.11 Å². The van der Waals surface area contributed by atoms with Crippen LogP contribution in [0.4, 0.5) is 0 Å². The van der Waals surface area contributed by atoms with Crippen LogP contribution in [0.5, 0.6) is 0 Å². The lowest BCUT2D eigenvalue weighted by Crippen LogP contribution is -2.22. The zero-order valence-electron chi connectivity index (χ0n) is 18.0. The standard InChI is InChI=1S/C23H31N3O3/c1-6-20-21(22(27)28)19(14-16(2)8-7-13-23(3,4)29-5)25-26(20)18-11-9-17(15-24)10-12-18/h9-12,16H,6-8,13-14H2,1-5H3,(H,27,28). The Morgan fingerprint density at radius 3 is 2.52 bits per heavy atom. The molecule has 0 aliphatic carbocycles. The molecule has 1 aromatic heterocycles. The Morgan fingerprint density at radius 2 is 2.00 bits per heavy atom. The summed E-state index contributed by atoms with van der Waals surface area (Å²) in [5.74, 6) is -0.626. The number of aromatic carboxylic acids is 1. The lowest BCUT2D eigenvalue weighted by Gasteiger charge is -2.23. The minimum Gasteiger partial charge on any atom is -0.478 e. The van der Waals surface area contributed by atoms with E-state index in [1.165, 1.54) is 0 Å². The van der Waals surface area contributed by atoms with E-state index in [4.69, 9.17) is 10.00 Å². The van der Waals surface area contributed by atoms with E-state index in [-0.39, 0.29) is 5.60 Å². The monoisotopic (exact) mass is 397 g/mol. The van der Waals surface area contributed by atoms with Crippen molar-refractivity contribution in [2.75, 3.05) is 7.11 Å². The number of aromatic nitrogens is 2. The maximum absolute atomic E-state index is 12.0. The molecule has 0 bridgehead atoms. The normalized spacial score (nSPS) is 12.6. The molecule has 1 unspecified atom stereocenters. The van der Waals surface area contributed by atoms with Crippen LogP contribution in [0.3, 0.4) is 0 Å². The van der Waals surface area contributed by atoms with E-state index in [1.54, 1.807) is 36.1 Å². The second-order valence-electron chi connectivity index (χ2n) is 8.16. The molecule has 0 saturated carbocycles. The fourth-order valence-corrected chi connectivity index (χ4v) is 3.52. The Labute approximate surface area is 173 Å². The van der Waals surface area contributed by atoms with Crippen LogP contribution in [0.25, 0.3) is 5.69 Å². The molecule has 29 heavy (non-hydrogen) atoms. The van der Waals surface area contributed by atoms with E-state index >= 15 is 0 Å². The third-order valence-corrected chi connectivity index (χ3v) is 5.41. The summed E-state index contributed by atoms with van der Waals surface area (Å²) in [4.78, 5) is 12.0. The predicted octanol–water partition coefficient (Wildman–Crippen LogP) is 4.78. The lowest BCUT2D eigenvalue weighted by atomic mass is 9.93. The van der Waals surface area contributed by atoms with Crippen LogP contribution in [0, 0.1) is 17.2 Å². The summed E-state index contributed by atoms with van der Waals surface area (Å²) in [6.07, 6.45) is 4.13. The summed E-state index contributed by atoms with van der Waals surface area (Å²) >= 11 is 0. The highest BCUT2D eigenvalue weighted by atomic mass is 16.5. The van der Waals surface area contributed by atoms with Crippen LogP contribution < -0.4 is 0 Å². The molecular formula is C23H31N3O3. The van der Waals surface area contributed by atoms with E-state index in [2.05, 4.69) is 31.9 Å². The van der Waals surface area contributed by atoms with Gasteiger partial charge in [0.25, 0.3) is 0 Å². The number of rotatable bonds is 10. The van der Waals surface area contributed by atoms with Gasteiger partial charge in [-0.2, -0.15) is 10.4 Å². The first kappa shape index (κ1) is 22.6. The van der Waals surface area contributed by atoms with E-state index in [1.807, 2.05) is 6.92 Å². The number of nitriles is 1. The number of ether oxygens (including phenoxy) is 1. The van der Waals surface area contributed by atoms with Gasteiger partial charge in [-0.05, 0) is 63.3 Å². The van der Waals surface area contributed by atoms with Crippen molar-refractivity contribution in [1.29, 1.82) is 5.26 Å². The molecule has 2 aromatic rings. The summed E-state index contributed by atoms with van der Waals surface area (Å²) < 4.78 is 7.18. The molecule has 0 aliphatic rings. The van der Waals surface area contributed by atoms with Crippen molar-refractivity contribution in [3.8, 4) is 11.8 Å². The molecule has 0 aliphatic heterocycles. The third-order valence-electron chi connectivity index (χ3n) is 5.41. The minimum atomic E-state index is -0.940. The Balaban J connectivity index is 2.26. The first-order valence-corrected chi connectivity index (χ1v) is 10.1. The van der Waals surface area contributed by atoms with Crippen LogP contribution >= 0.6 is 0 Å². The number of carboxylic acids is 1. The maximum atomic E-state index is 12.0. The molecule has 1 atom stereocenters. The molecule has 0 amide bonds. The number of hydrogen-bond acceptors (Lipinski definition) is 4. The fourth-order valence-electron chi connectivity index (χ4n) is 3.52. The van der Waals surface area contributed by atoms with Crippen LogP contribution in [0.2, 0.25) is 0 Å². The van der Waals surface area contributed by atoms with Gasteiger partial charge in [-0.15, -0.1) is 0 Å². The molecule has 6 heteroatoms. The number of nitrogens with zero attached hydrogens (tertiary/aromatic N) is 3. The van der Waals surface area contributed by atoms with Gasteiger partial charge in [-0.25, -0.2) is 9.48 Å². The molecule has 2 rings (SSSR count). The maximum Gasteiger partial charge on any atom is 0.339 e. The van der Waals surface area contributed by atoms with Crippen molar-refractivity contribution < 1.29 is 14.6 Å². The van der Waals surface area contributed by atoms with Crippen LogP contribution in [-0.4, -0.2) is 33.6 Å². The molecule has 0 radical (unpaired) electrons. The molecule has 0 fully saturated rings. The van der Waals surface area contributed by atoms with Gasteiger partial charge in [0.1, 0.15) is 5.56 Å². The van der Waals surface area contributed by atoms with Gasteiger partial charge in [0.2, 0.25) is 0 Å². The minimum absolute atomic E-state index is 0.140. The molecule has 156 valence electrons. The molecular weight excluding hydrogens is 366 g/mol. The Bertz CT molecular complexity index is 876. The Hall–Kier alpha value is -2.65. The molecule has 6 nitrogen and oxygen atoms in total. The van der Waals surface area contributed by atoms with Gasteiger partial charge in [-0.3, -0.25) is 0 Å². The first-order valence-electron chi connectivity index (χ1n) is 10.1. The lowest BCUT2D eigenvalue weighted by molar-refractivity contribution is 0.0127. The second kappa shape index (κ2) is 9.71. The topological polar surface area (TPSA) is 88.1 Å². The zero-order valence-corrected chi connectivity index (χ0v) is 18.0. The van der Waals surface area contributed by atoms with Crippen molar-refractivity contribution in [2.24, 2.45) is 5.92 Å². The quantitative estimate of drug-likeness (QED) is 0.623. The SMILES string of the molecule is CCc1c(C(=O)O)c(CC(C)CCCC(C)(C)OC)nn1-c1ccc(C#N)cc1. The molecule has 0 saturated heterocycles. The van der Waals surface area contributed by atoms with Crippen molar-refractivity contribution in [2.45, 2.75) is 65.4 Å². The molecule has 1 N–H and O–H groups in total. The number of carbonyl (C=O) groups is 1. The van der Waals surface area contributed by atoms with Crippen molar-refractivity contribution in [1.82, 2.24) is 9.78 Å². The van der Waals surface area contributed by atoms with Crippen molar-refractivity contribution in [3.63, 3.8) is 0 Å². The highest BCUT2D eigenvalue weighted by molar-refractivity contribution is 5.90. The third kappa shape index (κ3) is 5.68. The summed E-state index contributed by atoms with van der Waals surface area (Å²) in [7, 11) is 1.73. The molecule has 0 spiro atoms. The number of methoxy groups -OCH3 is 1. The number of hydrogen-bond donors (Lipinski definition) is 1. The fraction of sp³-hybridized carbons (Fsp3) is 0.522. The summed E-state index contributed by atoms with van der Waals surface area (Å²) in [5, 5.41) is 23.5. The Kier molecular flexibility index (Phi) is 7.58. The van der Waals surface area contributed by atoms with E-state index < -0.39 is 5.97 Å². The van der Waals surface area contributed by atoms with Gasteiger partial charge in [0.15, 0.2) is 0 Å². The van der Waals surface area contributed by atoms with Crippen molar-refractivity contribution in [3.05, 3.63) is 46.8 Å².